The maximum atomic E-state index is 5.71. The zero-order valence-electron chi connectivity index (χ0n) is 9.77. The summed E-state index contributed by atoms with van der Waals surface area (Å²) in [7, 11) is 1.62. The Morgan fingerprint density at radius 2 is 2.53 bits per heavy atom. The lowest BCUT2D eigenvalue weighted by atomic mass is 10.2. The fourth-order valence-electron chi connectivity index (χ4n) is 2.24. The van der Waals surface area contributed by atoms with Gasteiger partial charge in [-0.05, 0) is 19.4 Å². The molecule has 2 aromatic rings. The van der Waals surface area contributed by atoms with Crippen molar-refractivity contribution in [3.8, 4) is 5.75 Å². The summed E-state index contributed by atoms with van der Waals surface area (Å²) in [6.45, 7) is 1.09. The van der Waals surface area contributed by atoms with Gasteiger partial charge in [-0.25, -0.2) is 4.98 Å². The van der Waals surface area contributed by atoms with E-state index < -0.39 is 0 Å². The van der Waals surface area contributed by atoms with Gasteiger partial charge >= 0.3 is 0 Å². The summed E-state index contributed by atoms with van der Waals surface area (Å²) < 4.78 is 10.9. The van der Waals surface area contributed by atoms with E-state index in [1.54, 1.807) is 19.4 Å². The molecule has 1 N–H and O–H groups in total. The fourth-order valence-corrected chi connectivity index (χ4v) is 2.24. The average Bonchev–Trinajstić information content (AvgIpc) is 2.97. The minimum absolute atomic E-state index is 0.481. The van der Waals surface area contributed by atoms with Crippen LogP contribution in [-0.2, 0) is 6.42 Å². The summed E-state index contributed by atoms with van der Waals surface area (Å²) in [6, 6.07) is 2.26. The summed E-state index contributed by atoms with van der Waals surface area (Å²) in [5.41, 5.74) is 1.26. The van der Waals surface area contributed by atoms with Crippen LogP contribution in [0.15, 0.2) is 16.7 Å². The van der Waals surface area contributed by atoms with Gasteiger partial charge in [0.05, 0.1) is 7.11 Å². The smallest absolute Gasteiger partial charge is 0.215 e. The molecule has 1 saturated heterocycles. The van der Waals surface area contributed by atoms with Gasteiger partial charge in [0.2, 0.25) is 11.2 Å². The lowest BCUT2D eigenvalue weighted by Gasteiger charge is -2.05. The van der Waals surface area contributed by atoms with Crippen LogP contribution < -0.4 is 10.1 Å². The van der Waals surface area contributed by atoms with E-state index in [-0.39, 0.29) is 0 Å². The third-order valence-electron chi connectivity index (χ3n) is 3.10. The Morgan fingerprint density at radius 3 is 3.29 bits per heavy atom. The molecule has 2 aromatic heterocycles. The highest BCUT2D eigenvalue weighted by Gasteiger charge is 2.19. The van der Waals surface area contributed by atoms with E-state index >= 15 is 0 Å². The van der Waals surface area contributed by atoms with Gasteiger partial charge in [0.15, 0.2) is 11.6 Å². The summed E-state index contributed by atoms with van der Waals surface area (Å²) in [5.74, 6) is 1.42. The summed E-state index contributed by atoms with van der Waals surface area (Å²) >= 11 is 0. The quantitative estimate of drug-likeness (QED) is 0.871. The second-order valence-electron chi connectivity index (χ2n) is 4.27. The third kappa shape index (κ3) is 1.98. The number of oxazole rings is 1. The number of hydrogen-bond donors (Lipinski definition) is 1. The molecule has 1 aliphatic heterocycles. The number of rotatable bonds is 3. The van der Waals surface area contributed by atoms with Gasteiger partial charge in [0.1, 0.15) is 0 Å². The molecule has 17 heavy (non-hydrogen) atoms. The van der Waals surface area contributed by atoms with Crippen molar-refractivity contribution in [2.24, 2.45) is 0 Å². The first-order chi connectivity index (χ1) is 8.36. The average molecular weight is 233 g/mol. The fraction of sp³-hybridized carbons (Fsp3) is 0.500. The minimum Gasteiger partial charge on any atom is -0.493 e. The van der Waals surface area contributed by atoms with E-state index in [0.717, 1.165) is 18.9 Å². The molecule has 0 aliphatic carbocycles. The molecule has 1 atom stereocenters. The van der Waals surface area contributed by atoms with E-state index in [0.29, 0.717) is 23.0 Å². The van der Waals surface area contributed by atoms with Crippen LogP contribution >= 0.6 is 0 Å². The molecule has 5 heteroatoms. The van der Waals surface area contributed by atoms with Crippen molar-refractivity contribution in [2.75, 3.05) is 13.7 Å². The van der Waals surface area contributed by atoms with Crippen molar-refractivity contribution in [2.45, 2.75) is 25.3 Å². The normalized spacial score (nSPS) is 19.9. The minimum atomic E-state index is 0.481. The van der Waals surface area contributed by atoms with Crippen molar-refractivity contribution >= 4 is 11.2 Å². The lowest BCUT2D eigenvalue weighted by Crippen LogP contribution is -2.23. The van der Waals surface area contributed by atoms with E-state index in [1.807, 2.05) is 0 Å². The van der Waals surface area contributed by atoms with Crippen molar-refractivity contribution in [3.05, 3.63) is 18.2 Å². The van der Waals surface area contributed by atoms with Crippen molar-refractivity contribution < 1.29 is 9.15 Å². The highest BCUT2D eigenvalue weighted by molar-refractivity contribution is 5.75. The third-order valence-corrected chi connectivity index (χ3v) is 3.10. The van der Waals surface area contributed by atoms with Gasteiger partial charge in [-0.3, -0.25) is 0 Å². The van der Waals surface area contributed by atoms with Crippen LogP contribution in [0.4, 0.5) is 0 Å². The number of hydrogen-bond acceptors (Lipinski definition) is 5. The van der Waals surface area contributed by atoms with Crippen LogP contribution in [0.1, 0.15) is 18.7 Å². The molecule has 0 radical (unpaired) electrons. The van der Waals surface area contributed by atoms with E-state index in [1.165, 1.54) is 12.8 Å². The molecule has 1 aliphatic rings. The first-order valence-corrected chi connectivity index (χ1v) is 5.88. The molecule has 90 valence electrons. The number of ether oxygens (including phenoxy) is 1. The molecule has 3 rings (SSSR count). The number of methoxy groups -OCH3 is 1. The summed E-state index contributed by atoms with van der Waals surface area (Å²) in [4.78, 5) is 8.57. The molecule has 0 aromatic carbocycles. The predicted octanol–water partition coefficient (Wildman–Crippen LogP) is 1.53. The Bertz CT molecular complexity index is 517. The molecule has 1 fully saturated rings. The number of fused-ring (bicyclic) bond motifs is 1. The maximum Gasteiger partial charge on any atom is 0.215 e. The predicted molar refractivity (Wildman–Crippen MR) is 63.1 cm³/mol. The number of nitrogens with one attached hydrogen (secondary N) is 1. The second kappa shape index (κ2) is 4.33. The van der Waals surface area contributed by atoms with Crippen molar-refractivity contribution in [3.63, 3.8) is 0 Å². The molecule has 0 spiro atoms. The Kier molecular flexibility index (Phi) is 2.68. The second-order valence-corrected chi connectivity index (χ2v) is 4.27. The standard InChI is InChI=1S/C12H15N3O2/c1-16-9-4-6-14-12-11(9)17-10(15-12)7-8-3-2-5-13-8/h4,6,8,13H,2-3,5,7H2,1H3. The Balaban J connectivity index is 1.90. The monoisotopic (exact) mass is 233 g/mol. The summed E-state index contributed by atoms with van der Waals surface area (Å²) in [6.07, 6.45) is 4.91. The molecule has 3 heterocycles. The Hall–Kier alpha value is -1.62. The number of pyridine rings is 1. The molecular formula is C12H15N3O2. The summed E-state index contributed by atoms with van der Waals surface area (Å²) in [5, 5.41) is 3.43. The van der Waals surface area contributed by atoms with Crippen LogP contribution in [0.2, 0.25) is 0 Å². The molecule has 5 nitrogen and oxygen atoms in total. The molecule has 0 bridgehead atoms. The van der Waals surface area contributed by atoms with Crippen LogP contribution in [0, 0.1) is 0 Å². The van der Waals surface area contributed by atoms with Gasteiger partial charge < -0.3 is 14.5 Å². The van der Waals surface area contributed by atoms with E-state index in [4.69, 9.17) is 9.15 Å². The Labute approximate surface area is 99.2 Å². The first-order valence-electron chi connectivity index (χ1n) is 5.88. The molecule has 1 unspecified atom stereocenters. The SMILES string of the molecule is COc1ccnc2nc(CC3CCCN3)oc12. The first kappa shape index (κ1) is 10.5. The van der Waals surface area contributed by atoms with Gasteiger partial charge in [-0.2, -0.15) is 4.98 Å². The largest absolute Gasteiger partial charge is 0.493 e. The van der Waals surface area contributed by atoms with Crippen LogP contribution in [0.3, 0.4) is 0 Å². The van der Waals surface area contributed by atoms with Gasteiger partial charge in [0.25, 0.3) is 0 Å². The van der Waals surface area contributed by atoms with Crippen molar-refractivity contribution in [1.29, 1.82) is 0 Å². The highest BCUT2D eigenvalue weighted by atomic mass is 16.5. The Morgan fingerprint density at radius 1 is 1.59 bits per heavy atom. The molecule has 0 saturated carbocycles. The van der Waals surface area contributed by atoms with E-state index in [9.17, 15) is 0 Å². The molecular weight excluding hydrogens is 218 g/mol. The van der Waals surface area contributed by atoms with Crippen LogP contribution in [0.5, 0.6) is 5.75 Å². The molecule has 0 amide bonds. The van der Waals surface area contributed by atoms with Gasteiger partial charge in [-0.1, -0.05) is 0 Å². The highest BCUT2D eigenvalue weighted by Crippen LogP contribution is 2.25. The number of nitrogens with zero attached hydrogens (tertiary/aromatic N) is 2. The van der Waals surface area contributed by atoms with Crippen LogP contribution in [0.25, 0.3) is 11.2 Å². The number of aromatic nitrogens is 2. The zero-order valence-corrected chi connectivity index (χ0v) is 9.77. The lowest BCUT2D eigenvalue weighted by molar-refractivity contribution is 0.403. The van der Waals surface area contributed by atoms with Crippen LogP contribution in [-0.4, -0.2) is 29.7 Å². The van der Waals surface area contributed by atoms with Gasteiger partial charge in [-0.15, -0.1) is 0 Å². The topological polar surface area (TPSA) is 60.2 Å². The van der Waals surface area contributed by atoms with E-state index in [2.05, 4.69) is 15.3 Å². The van der Waals surface area contributed by atoms with Gasteiger partial charge in [0, 0.05) is 24.7 Å². The maximum absolute atomic E-state index is 5.71. The zero-order chi connectivity index (χ0) is 11.7. The van der Waals surface area contributed by atoms with Crippen molar-refractivity contribution in [1.82, 2.24) is 15.3 Å².